The molecular weight excluding hydrogens is 422 g/mol. The van der Waals surface area contributed by atoms with Gasteiger partial charge in [-0.2, -0.15) is 0 Å². The molecule has 192 valence electrons. The van der Waals surface area contributed by atoms with Crippen LogP contribution in [0.2, 0.25) is 0 Å². The minimum Gasteiger partial charge on any atom is -0.481 e. The highest BCUT2D eigenvalue weighted by atomic mass is 16.4. The summed E-state index contributed by atoms with van der Waals surface area (Å²) < 4.78 is 0. The van der Waals surface area contributed by atoms with E-state index in [0.29, 0.717) is 23.7 Å². The second-order valence-corrected chi connectivity index (χ2v) is 14.5. The summed E-state index contributed by atoms with van der Waals surface area (Å²) in [6, 6.07) is 0. The molecule has 5 fully saturated rings. The zero-order chi connectivity index (χ0) is 24.9. The topological polar surface area (TPSA) is 69.9 Å². The van der Waals surface area contributed by atoms with Gasteiger partial charge in [0, 0.05) is 18.7 Å². The fourth-order valence-electron chi connectivity index (χ4n) is 11.6. The molecule has 0 amide bonds. The van der Waals surface area contributed by atoms with Crippen molar-refractivity contribution < 1.29 is 15.0 Å². The molecule has 0 aromatic carbocycles. The SMILES string of the molecule is C/N=C(\C)[C@@H]1CC[C@]2(C(=O)O)CC[C@]3(C)C(CCC4[C@@]5(C)CC[C@H](O)C(C)(C)C5CC[C@]43C)C12. The molecule has 4 nitrogen and oxygen atoms in total. The number of aliphatic hydroxyl groups excluding tert-OH is 1. The van der Waals surface area contributed by atoms with Gasteiger partial charge in [0.25, 0.3) is 0 Å². The molecule has 34 heavy (non-hydrogen) atoms. The van der Waals surface area contributed by atoms with Crippen molar-refractivity contribution in [3.8, 4) is 0 Å². The van der Waals surface area contributed by atoms with Crippen molar-refractivity contribution >= 4 is 11.7 Å². The van der Waals surface area contributed by atoms with Crippen molar-refractivity contribution in [3.05, 3.63) is 0 Å². The van der Waals surface area contributed by atoms with Crippen LogP contribution in [0, 0.1) is 56.7 Å². The Hall–Kier alpha value is -0.900. The van der Waals surface area contributed by atoms with Crippen LogP contribution in [0.5, 0.6) is 0 Å². The molecule has 5 rings (SSSR count). The van der Waals surface area contributed by atoms with Crippen LogP contribution in [0.4, 0.5) is 0 Å². The van der Waals surface area contributed by atoms with Gasteiger partial charge in [0.15, 0.2) is 0 Å². The van der Waals surface area contributed by atoms with Gasteiger partial charge < -0.3 is 10.2 Å². The first-order chi connectivity index (χ1) is 15.8. The first-order valence-corrected chi connectivity index (χ1v) is 14.1. The lowest BCUT2D eigenvalue weighted by Crippen LogP contribution is -2.67. The van der Waals surface area contributed by atoms with Crippen molar-refractivity contribution in [2.75, 3.05) is 7.05 Å². The molecule has 5 saturated carbocycles. The van der Waals surface area contributed by atoms with Crippen LogP contribution < -0.4 is 0 Å². The van der Waals surface area contributed by atoms with Gasteiger partial charge in [-0.05, 0) is 116 Å². The Kier molecular flexibility index (Phi) is 5.51. The monoisotopic (exact) mass is 471 g/mol. The van der Waals surface area contributed by atoms with Crippen molar-refractivity contribution in [1.82, 2.24) is 0 Å². The van der Waals surface area contributed by atoms with E-state index in [4.69, 9.17) is 0 Å². The van der Waals surface area contributed by atoms with Crippen LogP contribution in [-0.2, 0) is 4.79 Å². The Morgan fingerprint density at radius 2 is 1.53 bits per heavy atom. The second-order valence-electron chi connectivity index (χ2n) is 14.5. The number of aliphatic carboxylic acids is 1. The van der Waals surface area contributed by atoms with Gasteiger partial charge >= 0.3 is 5.97 Å². The first-order valence-electron chi connectivity index (χ1n) is 14.1. The zero-order valence-corrected chi connectivity index (χ0v) is 22.8. The van der Waals surface area contributed by atoms with Crippen LogP contribution >= 0.6 is 0 Å². The number of nitrogens with zero attached hydrogens (tertiary/aromatic N) is 1. The number of aliphatic hydroxyl groups is 1. The summed E-state index contributed by atoms with van der Waals surface area (Å²) in [5, 5.41) is 21.5. The molecular formula is C30H49NO3. The molecule has 4 unspecified atom stereocenters. The Morgan fingerprint density at radius 1 is 0.824 bits per heavy atom. The van der Waals surface area contributed by atoms with Crippen molar-refractivity contribution in [2.24, 2.45) is 61.7 Å². The number of rotatable bonds is 2. The predicted molar refractivity (Wildman–Crippen MR) is 137 cm³/mol. The van der Waals surface area contributed by atoms with Crippen LogP contribution in [0.25, 0.3) is 0 Å². The number of carboxylic acid groups (broad SMARTS) is 1. The zero-order valence-electron chi connectivity index (χ0n) is 22.8. The molecule has 10 atom stereocenters. The number of carbonyl (C=O) groups is 1. The van der Waals surface area contributed by atoms with Crippen LogP contribution in [0.15, 0.2) is 4.99 Å². The number of hydrogen-bond acceptors (Lipinski definition) is 3. The summed E-state index contributed by atoms with van der Waals surface area (Å²) in [6.45, 7) is 14.5. The quantitative estimate of drug-likeness (QED) is 0.446. The molecule has 0 saturated heterocycles. The summed E-state index contributed by atoms with van der Waals surface area (Å²) in [7, 11) is 1.89. The van der Waals surface area contributed by atoms with Crippen molar-refractivity contribution in [3.63, 3.8) is 0 Å². The lowest BCUT2D eigenvalue weighted by Gasteiger charge is -2.72. The minimum absolute atomic E-state index is 0.0254. The summed E-state index contributed by atoms with van der Waals surface area (Å²) in [4.78, 5) is 17.4. The van der Waals surface area contributed by atoms with E-state index in [1.54, 1.807) is 0 Å². The van der Waals surface area contributed by atoms with E-state index >= 15 is 0 Å². The predicted octanol–water partition coefficient (Wildman–Crippen LogP) is 6.60. The van der Waals surface area contributed by atoms with Crippen molar-refractivity contribution in [1.29, 1.82) is 0 Å². The van der Waals surface area contributed by atoms with Gasteiger partial charge in [-0.25, -0.2) is 0 Å². The number of fused-ring (bicyclic) bond motifs is 7. The molecule has 0 bridgehead atoms. The number of aliphatic imine (C=N–C) groups is 1. The third kappa shape index (κ3) is 2.81. The second kappa shape index (κ2) is 7.56. The van der Waals surface area contributed by atoms with Gasteiger partial charge in [0.1, 0.15) is 0 Å². The number of carboxylic acids is 1. The summed E-state index contributed by atoms with van der Waals surface area (Å²) in [5.41, 5.74) is 1.26. The maximum Gasteiger partial charge on any atom is 0.309 e. The molecule has 2 N–H and O–H groups in total. The lowest BCUT2D eigenvalue weighted by molar-refractivity contribution is -0.247. The van der Waals surface area contributed by atoms with E-state index in [9.17, 15) is 15.0 Å². The maximum absolute atomic E-state index is 12.8. The normalized spacial score (nSPS) is 54.4. The molecule has 4 heteroatoms. The highest BCUT2D eigenvalue weighted by molar-refractivity contribution is 5.87. The number of hydrogen-bond donors (Lipinski definition) is 2. The van der Waals surface area contributed by atoms with E-state index in [-0.39, 0.29) is 33.7 Å². The molecule has 0 spiro atoms. The smallest absolute Gasteiger partial charge is 0.309 e. The van der Waals surface area contributed by atoms with E-state index in [1.165, 1.54) is 25.0 Å². The molecule has 0 aliphatic heterocycles. The Morgan fingerprint density at radius 3 is 2.18 bits per heavy atom. The van der Waals surface area contributed by atoms with Gasteiger partial charge in [-0.3, -0.25) is 9.79 Å². The van der Waals surface area contributed by atoms with E-state index < -0.39 is 11.4 Å². The van der Waals surface area contributed by atoms with Gasteiger partial charge in [-0.15, -0.1) is 0 Å². The van der Waals surface area contributed by atoms with Crippen LogP contribution in [0.1, 0.15) is 106 Å². The summed E-state index contributed by atoms with van der Waals surface area (Å²) in [5.74, 6) is 1.69. The highest BCUT2D eigenvalue weighted by Crippen LogP contribution is 2.77. The third-order valence-electron chi connectivity index (χ3n) is 13.7. The average molecular weight is 472 g/mol. The summed E-state index contributed by atoms with van der Waals surface area (Å²) >= 11 is 0. The molecule has 0 aromatic rings. The van der Waals surface area contributed by atoms with E-state index in [2.05, 4.69) is 46.5 Å². The standard InChI is InChI=1S/C30H49NO3/c1-18(31-7)19-10-15-30(25(33)34)17-16-28(5)20(24(19)30)8-9-22-27(4)13-12-23(32)26(2,3)21(27)11-14-29(22,28)6/h19-24,32H,8-17H2,1-7H3,(H,33,34)/b31-18+/t19-,20?,21?,22?,23-,24?,27-,28+,29+,30-/m0/s1. The average Bonchev–Trinajstić information content (AvgIpc) is 3.18. The first kappa shape index (κ1) is 24.8. The molecule has 5 aliphatic carbocycles. The highest BCUT2D eigenvalue weighted by Gasteiger charge is 2.72. The molecule has 0 heterocycles. The Bertz CT molecular complexity index is 895. The van der Waals surface area contributed by atoms with Gasteiger partial charge in [-0.1, -0.05) is 34.6 Å². The fourth-order valence-corrected chi connectivity index (χ4v) is 11.6. The largest absolute Gasteiger partial charge is 0.481 e. The molecule has 5 aliphatic rings. The van der Waals surface area contributed by atoms with Crippen molar-refractivity contribution in [2.45, 2.75) is 112 Å². The molecule has 0 radical (unpaired) electrons. The lowest BCUT2D eigenvalue weighted by atomic mass is 9.32. The fraction of sp³-hybridized carbons (Fsp3) is 0.933. The summed E-state index contributed by atoms with van der Waals surface area (Å²) in [6.07, 6.45) is 10.4. The molecule has 0 aromatic heterocycles. The van der Waals surface area contributed by atoms with Crippen LogP contribution in [-0.4, -0.2) is 35.0 Å². The minimum atomic E-state index is -0.554. The van der Waals surface area contributed by atoms with Crippen LogP contribution in [0.3, 0.4) is 0 Å². The Balaban J connectivity index is 1.57. The van der Waals surface area contributed by atoms with Gasteiger partial charge in [0.05, 0.1) is 11.5 Å². The third-order valence-corrected chi connectivity index (χ3v) is 13.7. The van der Waals surface area contributed by atoms with Gasteiger partial charge in [0.2, 0.25) is 0 Å². The Labute approximate surface area is 207 Å². The maximum atomic E-state index is 12.8. The van der Waals surface area contributed by atoms with E-state index in [0.717, 1.165) is 44.9 Å². The van der Waals surface area contributed by atoms with E-state index in [1.807, 2.05) is 7.05 Å².